The Bertz CT molecular complexity index is 738. The molecule has 0 N–H and O–H groups in total. The molecule has 0 atom stereocenters. The number of carbonyl (C=O) groups is 1. The monoisotopic (exact) mass is 347 g/mol. The van der Waals surface area contributed by atoms with Gasteiger partial charge in [0.25, 0.3) is 0 Å². The summed E-state index contributed by atoms with van der Waals surface area (Å²) in [4.78, 5) is 12.2. The van der Waals surface area contributed by atoms with Gasteiger partial charge >= 0.3 is 129 Å². The standard InChI is InChI=1S/C17H14AsF2O/c1-17(2)9-10-7-11(3-5-13(10)16(17)21)18-14-6-4-12(19)8-15(14)20/h3-8H,9H2,1-2H3. The maximum atomic E-state index is 13.7. The van der Waals surface area contributed by atoms with Gasteiger partial charge in [0.05, 0.1) is 0 Å². The van der Waals surface area contributed by atoms with Crippen molar-refractivity contribution in [2.75, 3.05) is 0 Å². The maximum absolute atomic E-state index is 13.7. The van der Waals surface area contributed by atoms with Crippen molar-refractivity contribution in [2.24, 2.45) is 5.41 Å². The third-order valence-corrected chi connectivity index (χ3v) is 6.13. The molecule has 0 aromatic heterocycles. The molecule has 1 aliphatic carbocycles. The molecule has 0 fully saturated rings. The average molecular weight is 347 g/mol. The predicted molar refractivity (Wildman–Crippen MR) is 79.6 cm³/mol. The molecule has 3 rings (SSSR count). The van der Waals surface area contributed by atoms with Gasteiger partial charge in [0.15, 0.2) is 0 Å². The van der Waals surface area contributed by atoms with Crippen molar-refractivity contribution < 1.29 is 13.6 Å². The van der Waals surface area contributed by atoms with Gasteiger partial charge < -0.3 is 0 Å². The van der Waals surface area contributed by atoms with E-state index in [0.29, 0.717) is 4.35 Å². The Morgan fingerprint density at radius 2 is 1.86 bits per heavy atom. The second-order valence-corrected chi connectivity index (χ2v) is 8.50. The van der Waals surface area contributed by atoms with Gasteiger partial charge in [-0.1, -0.05) is 0 Å². The van der Waals surface area contributed by atoms with E-state index in [1.54, 1.807) is 0 Å². The van der Waals surface area contributed by atoms with Crippen LogP contribution >= 0.6 is 0 Å². The molecule has 0 bridgehead atoms. The number of ketones is 1. The van der Waals surface area contributed by atoms with Crippen LogP contribution in [-0.2, 0) is 6.42 Å². The van der Waals surface area contributed by atoms with E-state index in [1.807, 2.05) is 32.0 Å². The van der Waals surface area contributed by atoms with Crippen LogP contribution in [0.5, 0.6) is 0 Å². The number of hydrogen-bond acceptors (Lipinski definition) is 1. The average Bonchev–Trinajstić information content (AvgIpc) is 2.63. The molecule has 0 aliphatic heterocycles. The molecule has 1 aliphatic rings. The van der Waals surface area contributed by atoms with E-state index in [4.69, 9.17) is 0 Å². The number of carbonyl (C=O) groups excluding carboxylic acids is 1. The summed E-state index contributed by atoms with van der Waals surface area (Å²) < 4.78 is 28.2. The first kappa shape index (κ1) is 14.5. The molecular formula is C17H14AsF2O. The van der Waals surface area contributed by atoms with Crippen LogP contribution < -0.4 is 8.70 Å². The van der Waals surface area contributed by atoms with Crippen LogP contribution in [0.3, 0.4) is 0 Å². The van der Waals surface area contributed by atoms with Gasteiger partial charge in [-0.25, -0.2) is 0 Å². The molecule has 0 unspecified atom stereocenters. The second kappa shape index (κ2) is 5.06. The Morgan fingerprint density at radius 3 is 2.57 bits per heavy atom. The van der Waals surface area contributed by atoms with Crippen LogP contribution in [-0.4, -0.2) is 21.5 Å². The van der Waals surface area contributed by atoms with Gasteiger partial charge in [-0.05, 0) is 0 Å². The fraction of sp³-hybridized carbons (Fsp3) is 0.235. The van der Waals surface area contributed by atoms with Crippen molar-refractivity contribution in [2.45, 2.75) is 20.3 Å². The summed E-state index contributed by atoms with van der Waals surface area (Å²) in [6.45, 7) is 3.89. The quantitative estimate of drug-likeness (QED) is 0.763. The van der Waals surface area contributed by atoms with Crippen molar-refractivity contribution in [1.82, 2.24) is 0 Å². The van der Waals surface area contributed by atoms with Gasteiger partial charge in [-0.3, -0.25) is 0 Å². The third-order valence-electron chi connectivity index (χ3n) is 3.74. The first-order valence-corrected chi connectivity index (χ1v) is 8.59. The van der Waals surface area contributed by atoms with E-state index >= 15 is 0 Å². The SMILES string of the molecule is CC1(C)Cc2cc([As]c3ccc(F)cc3F)ccc2C1=O. The Morgan fingerprint density at radius 1 is 1.10 bits per heavy atom. The minimum atomic E-state index is -0.557. The van der Waals surface area contributed by atoms with E-state index in [2.05, 4.69) is 0 Å². The molecule has 4 heteroatoms. The topological polar surface area (TPSA) is 17.1 Å². The zero-order valence-corrected chi connectivity index (χ0v) is 13.7. The molecule has 0 spiro atoms. The van der Waals surface area contributed by atoms with E-state index in [0.717, 1.165) is 28.0 Å². The number of Topliss-reactive ketones (excluding diaryl/α,β-unsaturated/α-hetero) is 1. The zero-order valence-electron chi connectivity index (χ0n) is 11.8. The number of hydrogen-bond donors (Lipinski definition) is 0. The van der Waals surface area contributed by atoms with Crippen LogP contribution in [0.1, 0.15) is 29.8 Å². The van der Waals surface area contributed by atoms with Crippen molar-refractivity contribution in [3.63, 3.8) is 0 Å². The molecule has 1 radical (unpaired) electrons. The molecule has 1 nitrogen and oxygen atoms in total. The summed E-state index contributed by atoms with van der Waals surface area (Å²) in [7, 11) is 0. The number of rotatable bonds is 2. The van der Waals surface area contributed by atoms with Crippen LogP contribution in [0.25, 0.3) is 0 Å². The van der Waals surface area contributed by atoms with Crippen molar-refractivity contribution in [1.29, 1.82) is 0 Å². The summed E-state index contributed by atoms with van der Waals surface area (Å²) in [5.41, 5.74) is 1.48. The van der Waals surface area contributed by atoms with Crippen molar-refractivity contribution in [3.05, 3.63) is 59.2 Å². The van der Waals surface area contributed by atoms with Crippen LogP contribution in [0.2, 0.25) is 0 Å². The predicted octanol–water partition coefficient (Wildman–Crippen LogP) is 2.38. The first-order chi connectivity index (χ1) is 9.87. The fourth-order valence-corrected chi connectivity index (χ4v) is 4.68. The molecule has 0 heterocycles. The van der Waals surface area contributed by atoms with Gasteiger partial charge in [0, 0.05) is 0 Å². The molecule has 107 valence electrons. The van der Waals surface area contributed by atoms with E-state index in [-0.39, 0.29) is 11.2 Å². The Hall–Kier alpha value is -1.47. The minimum absolute atomic E-state index is 0.174. The molecule has 21 heavy (non-hydrogen) atoms. The van der Waals surface area contributed by atoms with Crippen LogP contribution in [0.15, 0.2) is 36.4 Å². The molecular weight excluding hydrogens is 333 g/mol. The normalized spacial score (nSPS) is 16.7. The molecule has 2 aromatic carbocycles. The van der Waals surface area contributed by atoms with E-state index < -0.39 is 27.4 Å². The van der Waals surface area contributed by atoms with Gasteiger partial charge in [0.2, 0.25) is 0 Å². The summed E-state index contributed by atoms with van der Waals surface area (Å²) in [5.74, 6) is -0.876. The first-order valence-electron chi connectivity index (χ1n) is 6.71. The Balaban J connectivity index is 1.91. The summed E-state index contributed by atoms with van der Waals surface area (Å²) in [5, 5.41) is 0. The van der Waals surface area contributed by atoms with Gasteiger partial charge in [-0.2, -0.15) is 0 Å². The number of benzene rings is 2. The van der Waals surface area contributed by atoms with Gasteiger partial charge in [-0.15, -0.1) is 0 Å². The fourth-order valence-electron chi connectivity index (χ4n) is 2.65. The van der Waals surface area contributed by atoms with E-state index in [9.17, 15) is 13.6 Å². The summed E-state index contributed by atoms with van der Waals surface area (Å²) >= 11 is -0.549. The zero-order chi connectivity index (χ0) is 15.2. The van der Waals surface area contributed by atoms with Crippen molar-refractivity contribution in [3.8, 4) is 0 Å². The van der Waals surface area contributed by atoms with Crippen molar-refractivity contribution >= 4 is 30.2 Å². The molecule has 2 aromatic rings. The van der Waals surface area contributed by atoms with Crippen LogP contribution in [0, 0.1) is 17.0 Å². The van der Waals surface area contributed by atoms with Gasteiger partial charge in [0.1, 0.15) is 0 Å². The summed E-state index contributed by atoms with van der Waals surface area (Å²) in [6, 6.07) is 9.45. The second-order valence-electron chi connectivity index (χ2n) is 5.94. The molecule has 0 amide bonds. The van der Waals surface area contributed by atoms with Crippen LogP contribution in [0.4, 0.5) is 8.78 Å². The molecule has 0 saturated carbocycles. The van der Waals surface area contributed by atoms with E-state index in [1.165, 1.54) is 12.1 Å². The summed E-state index contributed by atoms with van der Waals surface area (Å²) in [6.07, 6.45) is 0.724. The third kappa shape index (κ3) is 2.67. The number of halogens is 2. The Labute approximate surface area is 129 Å². The Kier molecular flexibility index (Phi) is 3.49. The number of fused-ring (bicyclic) bond motifs is 1. The molecule has 0 saturated heterocycles.